The Labute approximate surface area is 64.6 Å². The quantitative estimate of drug-likeness (QED) is 0.479. The fourth-order valence-corrected chi connectivity index (χ4v) is 0.890. The Kier molecular flexibility index (Phi) is 4.03. The molecule has 5 nitrogen and oxygen atoms in total. The first kappa shape index (κ1) is 10.4. The summed E-state index contributed by atoms with van der Waals surface area (Å²) in [5, 5.41) is 0. The van der Waals surface area contributed by atoms with E-state index >= 15 is 0 Å². The van der Waals surface area contributed by atoms with Gasteiger partial charge >= 0.3 is 13.8 Å². The van der Waals surface area contributed by atoms with Gasteiger partial charge in [0.2, 0.25) is 0 Å². The standard InChI is InChI=1S/C5H9O5P/c1-4-5(6)10-11(7,8-2)9-3/h4H,1H2,2-3H3. The topological polar surface area (TPSA) is 61.8 Å². The molecule has 0 radical (unpaired) electrons. The Hall–Kier alpha value is -0.640. The van der Waals surface area contributed by atoms with Gasteiger partial charge in [-0.05, 0) is 0 Å². The van der Waals surface area contributed by atoms with E-state index in [9.17, 15) is 9.36 Å². The van der Waals surface area contributed by atoms with E-state index in [1.165, 1.54) is 0 Å². The van der Waals surface area contributed by atoms with Crippen LogP contribution in [0.2, 0.25) is 0 Å². The summed E-state index contributed by atoms with van der Waals surface area (Å²) in [6.45, 7) is 3.11. The third kappa shape index (κ3) is 3.32. The van der Waals surface area contributed by atoms with Crippen molar-refractivity contribution < 1.29 is 22.9 Å². The highest BCUT2D eigenvalue weighted by Crippen LogP contribution is 2.47. The summed E-state index contributed by atoms with van der Waals surface area (Å²) in [4.78, 5) is 10.5. The summed E-state index contributed by atoms with van der Waals surface area (Å²) in [7, 11) is -1.45. The van der Waals surface area contributed by atoms with Crippen molar-refractivity contribution in [2.75, 3.05) is 14.2 Å². The molecule has 0 amide bonds. The molecule has 0 saturated heterocycles. The minimum atomic E-state index is -3.67. The van der Waals surface area contributed by atoms with Crippen LogP contribution in [-0.4, -0.2) is 20.2 Å². The molecule has 0 unspecified atom stereocenters. The highest BCUT2D eigenvalue weighted by molar-refractivity contribution is 7.49. The summed E-state index contributed by atoms with van der Waals surface area (Å²) in [6.07, 6.45) is 0.866. The van der Waals surface area contributed by atoms with Crippen LogP contribution in [0.5, 0.6) is 0 Å². The summed E-state index contributed by atoms with van der Waals surface area (Å²) in [6, 6.07) is 0. The van der Waals surface area contributed by atoms with Crippen molar-refractivity contribution in [2.24, 2.45) is 0 Å². The average molecular weight is 180 g/mol. The van der Waals surface area contributed by atoms with Gasteiger partial charge in [0.15, 0.2) is 0 Å². The zero-order valence-electron chi connectivity index (χ0n) is 6.27. The van der Waals surface area contributed by atoms with E-state index in [1.54, 1.807) is 0 Å². The van der Waals surface area contributed by atoms with E-state index in [0.717, 1.165) is 20.3 Å². The summed E-state index contributed by atoms with van der Waals surface area (Å²) >= 11 is 0. The number of phosphoric ester groups is 1. The molecular formula is C5H9O5P. The van der Waals surface area contributed by atoms with Crippen molar-refractivity contribution >= 4 is 13.8 Å². The van der Waals surface area contributed by atoms with Gasteiger partial charge in [0.05, 0.1) is 0 Å². The minimum Gasteiger partial charge on any atom is -0.367 e. The molecular weight excluding hydrogens is 171 g/mol. The molecule has 0 N–H and O–H groups in total. The zero-order valence-corrected chi connectivity index (χ0v) is 7.17. The van der Waals surface area contributed by atoms with Gasteiger partial charge in [0.1, 0.15) is 0 Å². The molecule has 0 spiro atoms. The fourth-order valence-electron chi connectivity index (χ4n) is 0.297. The van der Waals surface area contributed by atoms with Crippen molar-refractivity contribution in [2.45, 2.75) is 0 Å². The van der Waals surface area contributed by atoms with E-state index in [1.807, 2.05) is 0 Å². The van der Waals surface area contributed by atoms with Crippen LogP contribution >= 0.6 is 7.82 Å². The Balaban J connectivity index is 4.19. The maximum Gasteiger partial charge on any atom is 0.531 e. The third-order valence-corrected chi connectivity index (χ3v) is 2.11. The molecule has 0 atom stereocenters. The SMILES string of the molecule is C=CC(=O)OP(=O)(OC)OC. The molecule has 0 rings (SSSR count). The summed E-state index contributed by atoms with van der Waals surface area (Å²) in [5.41, 5.74) is 0. The monoisotopic (exact) mass is 180 g/mol. The minimum absolute atomic E-state index is 0.850. The van der Waals surface area contributed by atoms with E-state index in [4.69, 9.17) is 0 Å². The van der Waals surface area contributed by atoms with Gasteiger partial charge in [-0.2, -0.15) is 0 Å². The van der Waals surface area contributed by atoms with Crippen molar-refractivity contribution in [3.05, 3.63) is 12.7 Å². The van der Waals surface area contributed by atoms with Gasteiger partial charge in [-0.1, -0.05) is 6.58 Å². The lowest BCUT2D eigenvalue weighted by Gasteiger charge is -2.10. The van der Waals surface area contributed by atoms with Crippen molar-refractivity contribution in [1.29, 1.82) is 0 Å². The Bertz CT molecular complexity index is 191. The molecule has 0 aliphatic rings. The predicted octanol–water partition coefficient (Wildman–Crippen LogP) is 1.12. The number of carbonyl (C=O) groups is 1. The average Bonchev–Trinajstić information content (AvgIpc) is 2.04. The third-order valence-electron chi connectivity index (χ3n) is 0.816. The zero-order chi connectivity index (χ0) is 8.91. The number of carbonyl (C=O) groups excluding carboxylic acids is 1. The van der Waals surface area contributed by atoms with Crippen LogP contribution in [0.1, 0.15) is 0 Å². The van der Waals surface area contributed by atoms with E-state index in [2.05, 4.69) is 20.2 Å². The van der Waals surface area contributed by atoms with Crippen molar-refractivity contribution in [3.63, 3.8) is 0 Å². The van der Waals surface area contributed by atoms with Gasteiger partial charge in [-0.3, -0.25) is 9.05 Å². The summed E-state index contributed by atoms with van der Waals surface area (Å²) in [5.74, 6) is -0.850. The van der Waals surface area contributed by atoms with Crippen LogP contribution in [0, 0.1) is 0 Å². The largest absolute Gasteiger partial charge is 0.531 e. The highest BCUT2D eigenvalue weighted by Gasteiger charge is 2.26. The fraction of sp³-hybridized carbons (Fsp3) is 0.400. The van der Waals surface area contributed by atoms with Crippen LogP contribution in [0.3, 0.4) is 0 Å². The van der Waals surface area contributed by atoms with Crippen LogP contribution < -0.4 is 0 Å². The van der Waals surface area contributed by atoms with Gasteiger partial charge in [0, 0.05) is 20.3 Å². The Morgan fingerprint density at radius 3 is 2.18 bits per heavy atom. The van der Waals surface area contributed by atoms with Crippen molar-refractivity contribution in [1.82, 2.24) is 0 Å². The molecule has 0 aromatic rings. The van der Waals surface area contributed by atoms with Crippen LogP contribution in [0.25, 0.3) is 0 Å². The molecule has 0 bridgehead atoms. The normalized spacial score (nSPS) is 10.7. The predicted molar refractivity (Wildman–Crippen MR) is 37.9 cm³/mol. The molecule has 0 heterocycles. The Morgan fingerprint density at radius 1 is 1.45 bits per heavy atom. The molecule has 0 aromatic heterocycles. The lowest BCUT2D eigenvalue weighted by atomic mass is 10.7. The second kappa shape index (κ2) is 4.28. The first-order valence-corrected chi connectivity index (χ1v) is 4.11. The van der Waals surface area contributed by atoms with Gasteiger partial charge in [-0.15, -0.1) is 0 Å². The molecule has 64 valence electrons. The molecule has 0 aromatic carbocycles. The maximum absolute atomic E-state index is 11.0. The molecule has 6 heteroatoms. The first-order valence-electron chi connectivity index (χ1n) is 2.65. The lowest BCUT2D eigenvalue weighted by molar-refractivity contribution is -0.130. The van der Waals surface area contributed by atoms with E-state index < -0.39 is 13.8 Å². The maximum atomic E-state index is 11.0. The Morgan fingerprint density at radius 2 is 1.91 bits per heavy atom. The smallest absolute Gasteiger partial charge is 0.367 e. The number of phosphoric acid groups is 1. The number of hydrogen-bond acceptors (Lipinski definition) is 5. The van der Waals surface area contributed by atoms with Crippen LogP contribution in [0.15, 0.2) is 12.7 Å². The highest BCUT2D eigenvalue weighted by atomic mass is 31.2. The molecule has 0 fully saturated rings. The van der Waals surface area contributed by atoms with Crippen LogP contribution in [0.4, 0.5) is 0 Å². The number of hydrogen-bond donors (Lipinski definition) is 0. The lowest BCUT2D eigenvalue weighted by Crippen LogP contribution is -2.00. The van der Waals surface area contributed by atoms with E-state index in [0.29, 0.717) is 0 Å². The molecule has 0 aliphatic heterocycles. The second-order valence-corrected chi connectivity index (χ2v) is 3.23. The van der Waals surface area contributed by atoms with Crippen molar-refractivity contribution in [3.8, 4) is 0 Å². The summed E-state index contributed by atoms with van der Waals surface area (Å²) < 4.78 is 23.8. The van der Waals surface area contributed by atoms with E-state index in [-0.39, 0.29) is 0 Å². The van der Waals surface area contributed by atoms with Gasteiger partial charge in [0.25, 0.3) is 0 Å². The molecule has 11 heavy (non-hydrogen) atoms. The molecule has 0 saturated carbocycles. The number of rotatable bonds is 4. The van der Waals surface area contributed by atoms with Gasteiger partial charge < -0.3 is 4.52 Å². The second-order valence-electron chi connectivity index (χ2n) is 1.43. The first-order chi connectivity index (χ1) is 5.08. The van der Waals surface area contributed by atoms with Crippen LogP contribution in [-0.2, 0) is 22.9 Å². The molecule has 0 aliphatic carbocycles. The van der Waals surface area contributed by atoms with Gasteiger partial charge in [-0.25, -0.2) is 9.36 Å².